The highest BCUT2D eigenvalue weighted by atomic mass is 16.3. The highest BCUT2D eigenvalue weighted by Gasteiger charge is 2.37. The Hall–Kier alpha value is -2.48. The SMILES string of the molecule is O=C(c1ccccc1)c1ccc2n1CCC2C(=O)NC(CO)(CO)CO. The Bertz CT molecular complexity index is 787. The van der Waals surface area contributed by atoms with Gasteiger partial charge in [-0.1, -0.05) is 30.3 Å². The molecule has 0 spiro atoms. The normalized spacial score (nSPS) is 16.3. The zero-order valence-corrected chi connectivity index (χ0v) is 14.3. The molecule has 7 nitrogen and oxygen atoms in total. The molecule has 0 saturated heterocycles. The molecule has 1 aromatic heterocycles. The fourth-order valence-electron chi connectivity index (χ4n) is 3.26. The number of carbonyl (C=O) groups excluding carboxylic acids is 2. The van der Waals surface area contributed by atoms with Gasteiger partial charge in [-0.25, -0.2) is 0 Å². The molecular weight excluding hydrogens is 336 g/mol. The van der Waals surface area contributed by atoms with Crippen molar-refractivity contribution in [2.75, 3.05) is 19.8 Å². The predicted octanol–water partition coefficient (Wildman–Crippen LogP) is 0.0383. The van der Waals surface area contributed by atoms with Gasteiger partial charge < -0.3 is 25.2 Å². The zero-order chi connectivity index (χ0) is 18.7. The molecule has 0 aliphatic carbocycles. The number of nitrogens with zero attached hydrogens (tertiary/aromatic N) is 1. The second kappa shape index (κ2) is 7.41. The maximum atomic E-state index is 12.7. The first-order valence-electron chi connectivity index (χ1n) is 8.49. The number of aliphatic hydroxyl groups is 3. The molecule has 7 heteroatoms. The molecule has 2 heterocycles. The molecule has 0 fully saturated rings. The molecule has 1 aliphatic heterocycles. The first-order valence-corrected chi connectivity index (χ1v) is 8.49. The number of aromatic nitrogens is 1. The second-order valence-corrected chi connectivity index (χ2v) is 6.58. The fraction of sp³-hybridized carbons (Fsp3) is 0.368. The Balaban J connectivity index is 1.82. The lowest BCUT2D eigenvalue weighted by Gasteiger charge is -2.29. The molecule has 3 rings (SSSR count). The van der Waals surface area contributed by atoms with Crippen LogP contribution in [-0.2, 0) is 11.3 Å². The molecule has 0 bridgehead atoms. The van der Waals surface area contributed by atoms with Crippen molar-refractivity contribution in [1.29, 1.82) is 0 Å². The third-order valence-electron chi connectivity index (χ3n) is 4.89. The summed E-state index contributed by atoms with van der Waals surface area (Å²) in [5.41, 5.74) is 0.365. The van der Waals surface area contributed by atoms with E-state index in [0.717, 1.165) is 0 Å². The number of nitrogens with one attached hydrogen (secondary N) is 1. The maximum Gasteiger partial charge on any atom is 0.229 e. The van der Waals surface area contributed by atoms with E-state index in [-0.39, 0.29) is 5.78 Å². The largest absolute Gasteiger partial charge is 0.394 e. The Kier molecular flexibility index (Phi) is 5.22. The molecule has 138 valence electrons. The first-order chi connectivity index (χ1) is 12.5. The monoisotopic (exact) mass is 358 g/mol. The number of benzene rings is 1. The van der Waals surface area contributed by atoms with Crippen molar-refractivity contribution in [3.8, 4) is 0 Å². The number of aliphatic hydroxyl groups excluding tert-OH is 3. The number of hydrogen-bond acceptors (Lipinski definition) is 5. The molecule has 1 unspecified atom stereocenters. The van der Waals surface area contributed by atoms with Crippen LogP contribution in [0.25, 0.3) is 0 Å². The Morgan fingerprint density at radius 1 is 1.04 bits per heavy atom. The van der Waals surface area contributed by atoms with Crippen molar-refractivity contribution in [3.05, 3.63) is 59.4 Å². The van der Waals surface area contributed by atoms with Crippen molar-refractivity contribution >= 4 is 11.7 Å². The van der Waals surface area contributed by atoms with Crippen LogP contribution in [0.2, 0.25) is 0 Å². The van der Waals surface area contributed by atoms with Crippen LogP contribution in [-0.4, -0.2) is 56.9 Å². The van der Waals surface area contributed by atoms with Crippen molar-refractivity contribution in [2.24, 2.45) is 0 Å². The van der Waals surface area contributed by atoms with E-state index < -0.39 is 37.2 Å². The molecule has 4 N–H and O–H groups in total. The average Bonchev–Trinajstić information content (AvgIpc) is 3.28. The highest BCUT2D eigenvalue weighted by Crippen LogP contribution is 2.32. The summed E-state index contributed by atoms with van der Waals surface area (Å²) in [5.74, 6) is -0.998. The van der Waals surface area contributed by atoms with E-state index in [1.165, 1.54) is 0 Å². The third-order valence-corrected chi connectivity index (χ3v) is 4.89. The Labute approximate surface area is 150 Å². The molecule has 1 atom stereocenters. The summed E-state index contributed by atoms with van der Waals surface area (Å²) in [5, 5.41) is 30.7. The first kappa shape index (κ1) is 18.3. The van der Waals surface area contributed by atoms with Crippen molar-refractivity contribution in [3.63, 3.8) is 0 Å². The van der Waals surface area contributed by atoms with E-state index >= 15 is 0 Å². The summed E-state index contributed by atoms with van der Waals surface area (Å²) in [4.78, 5) is 25.3. The van der Waals surface area contributed by atoms with Gasteiger partial charge >= 0.3 is 0 Å². The van der Waals surface area contributed by atoms with Gasteiger partial charge in [0.05, 0.1) is 31.4 Å². The minimum Gasteiger partial charge on any atom is -0.394 e. The molecule has 1 aliphatic rings. The molecule has 2 aromatic rings. The number of rotatable bonds is 7. The van der Waals surface area contributed by atoms with Crippen LogP contribution in [0, 0.1) is 0 Å². The van der Waals surface area contributed by atoms with E-state index in [1.54, 1.807) is 36.4 Å². The quantitative estimate of drug-likeness (QED) is 0.522. The summed E-state index contributed by atoms with van der Waals surface area (Å²) in [7, 11) is 0. The van der Waals surface area contributed by atoms with Gasteiger partial charge in [-0.2, -0.15) is 0 Å². The Morgan fingerprint density at radius 3 is 2.31 bits per heavy atom. The molecule has 0 saturated carbocycles. The summed E-state index contributed by atoms with van der Waals surface area (Å²) < 4.78 is 1.83. The molecule has 1 amide bonds. The number of carbonyl (C=O) groups is 2. The van der Waals surface area contributed by atoms with Crippen molar-refractivity contribution < 1.29 is 24.9 Å². The van der Waals surface area contributed by atoms with E-state index in [4.69, 9.17) is 0 Å². The van der Waals surface area contributed by atoms with Crippen LogP contribution < -0.4 is 5.32 Å². The summed E-state index contributed by atoms with van der Waals surface area (Å²) in [6.45, 7) is -1.19. The number of fused-ring (bicyclic) bond motifs is 1. The average molecular weight is 358 g/mol. The molecule has 1 aromatic carbocycles. The van der Waals surface area contributed by atoms with Crippen LogP contribution in [0.5, 0.6) is 0 Å². The van der Waals surface area contributed by atoms with E-state index in [0.29, 0.717) is 29.9 Å². The van der Waals surface area contributed by atoms with Crippen LogP contribution in [0.15, 0.2) is 42.5 Å². The number of hydrogen-bond donors (Lipinski definition) is 4. The van der Waals surface area contributed by atoms with Crippen LogP contribution in [0.4, 0.5) is 0 Å². The minimum absolute atomic E-state index is 0.103. The van der Waals surface area contributed by atoms with E-state index in [9.17, 15) is 24.9 Å². The second-order valence-electron chi connectivity index (χ2n) is 6.58. The lowest BCUT2D eigenvalue weighted by molar-refractivity contribution is -0.126. The van der Waals surface area contributed by atoms with Gasteiger partial charge in [0.25, 0.3) is 0 Å². The van der Waals surface area contributed by atoms with Crippen molar-refractivity contribution in [2.45, 2.75) is 24.4 Å². The van der Waals surface area contributed by atoms with Gasteiger partial charge in [-0.3, -0.25) is 9.59 Å². The van der Waals surface area contributed by atoms with Crippen LogP contribution >= 0.6 is 0 Å². The molecular formula is C19H22N2O5. The van der Waals surface area contributed by atoms with Gasteiger partial charge in [0.1, 0.15) is 5.54 Å². The number of ketones is 1. The van der Waals surface area contributed by atoms with Crippen LogP contribution in [0.3, 0.4) is 0 Å². The Morgan fingerprint density at radius 2 is 1.69 bits per heavy atom. The fourth-order valence-corrected chi connectivity index (χ4v) is 3.26. The standard InChI is InChI=1S/C19H22N2O5/c22-10-19(11-23,12-24)20-18(26)14-8-9-21-15(14)6-7-16(21)17(25)13-4-2-1-3-5-13/h1-7,14,22-24H,8-12H2,(H,20,26). The van der Waals surface area contributed by atoms with Gasteiger partial charge in [0.15, 0.2) is 0 Å². The predicted molar refractivity (Wildman–Crippen MR) is 93.8 cm³/mol. The van der Waals surface area contributed by atoms with Gasteiger partial charge in [0.2, 0.25) is 11.7 Å². The van der Waals surface area contributed by atoms with Crippen LogP contribution in [0.1, 0.15) is 34.1 Å². The van der Waals surface area contributed by atoms with Gasteiger partial charge in [0, 0.05) is 17.8 Å². The smallest absolute Gasteiger partial charge is 0.229 e. The zero-order valence-electron chi connectivity index (χ0n) is 14.3. The lowest BCUT2D eigenvalue weighted by Crippen LogP contribution is -2.57. The van der Waals surface area contributed by atoms with E-state index in [1.807, 2.05) is 10.6 Å². The summed E-state index contributed by atoms with van der Waals surface area (Å²) >= 11 is 0. The lowest BCUT2D eigenvalue weighted by atomic mass is 9.98. The summed E-state index contributed by atoms with van der Waals surface area (Å²) in [6.07, 6.45) is 0.509. The maximum absolute atomic E-state index is 12.7. The molecule has 0 radical (unpaired) electrons. The van der Waals surface area contributed by atoms with Gasteiger partial charge in [-0.05, 0) is 18.6 Å². The van der Waals surface area contributed by atoms with Gasteiger partial charge in [-0.15, -0.1) is 0 Å². The minimum atomic E-state index is -1.46. The summed E-state index contributed by atoms with van der Waals surface area (Å²) in [6, 6.07) is 12.4. The third kappa shape index (κ3) is 3.16. The van der Waals surface area contributed by atoms with Crippen molar-refractivity contribution in [1.82, 2.24) is 9.88 Å². The van der Waals surface area contributed by atoms with E-state index in [2.05, 4.69) is 5.32 Å². The molecule has 26 heavy (non-hydrogen) atoms. The topological polar surface area (TPSA) is 112 Å². The highest BCUT2D eigenvalue weighted by molar-refractivity contribution is 6.08. The number of amides is 1.